The van der Waals surface area contributed by atoms with Gasteiger partial charge in [-0.15, -0.1) is 11.6 Å². The lowest BCUT2D eigenvalue weighted by molar-refractivity contribution is 0.167. The Morgan fingerprint density at radius 1 is 1.64 bits per heavy atom. The molecule has 1 saturated heterocycles. The Bertz CT molecular complexity index is 174. The molecule has 0 radical (unpaired) electrons. The van der Waals surface area contributed by atoms with Gasteiger partial charge in [0.25, 0.3) is 0 Å². The van der Waals surface area contributed by atoms with Crippen LogP contribution in [-0.4, -0.2) is 24.0 Å². The van der Waals surface area contributed by atoms with E-state index in [0.29, 0.717) is 0 Å². The minimum absolute atomic E-state index is 0.0640. The molecule has 2 heteroatoms. The quantitative estimate of drug-likeness (QED) is 0.309. The minimum atomic E-state index is 0.0640. The van der Waals surface area contributed by atoms with Crippen molar-refractivity contribution in [2.45, 2.75) is 25.8 Å². The summed E-state index contributed by atoms with van der Waals surface area (Å²) in [6.07, 6.45) is 1.08. The average Bonchev–Trinajstić information content (AvgIpc) is 1.95. The zero-order chi connectivity index (χ0) is 8.65. The second-order valence-electron chi connectivity index (χ2n) is 3.89. The van der Waals surface area contributed by atoms with Crippen molar-refractivity contribution in [2.24, 2.45) is 5.41 Å². The molecule has 1 aliphatic rings. The van der Waals surface area contributed by atoms with E-state index in [1.54, 1.807) is 0 Å². The van der Waals surface area contributed by atoms with Gasteiger partial charge in [0, 0.05) is 12.0 Å². The first-order chi connectivity index (χ1) is 4.96. The van der Waals surface area contributed by atoms with E-state index in [1.165, 1.54) is 5.57 Å². The van der Waals surface area contributed by atoms with Gasteiger partial charge in [-0.25, -0.2) is 0 Å². The molecular weight excluding hydrogens is 158 g/mol. The fourth-order valence-corrected chi connectivity index (χ4v) is 1.72. The van der Waals surface area contributed by atoms with E-state index in [4.69, 9.17) is 11.6 Å². The Morgan fingerprint density at radius 2 is 2.18 bits per heavy atom. The molecule has 0 aromatic rings. The molecule has 1 atom stereocenters. The summed E-state index contributed by atoms with van der Waals surface area (Å²) in [5.74, 6) is 0. The van der Waals surface area contributed by atoms with E-state index in [0.717, 1.165) is 13.0 Å². The van der Waals surface area contributed by atoms with Gasteiger partial charge in [0.2, 0.25) is 0 Å². The van der Waals surface area contributed by atoms with Crippen LogP contribution in [0.25, 0.3) is 0 Å². The van der Waals surface area contributed by atoms with Crippen LogP contribution in [0.3, 0.4) is 0 Å². The Labute approximate surface area is 74.0 Å². The van der Waals surface area contributed by atoms with Crippen molar-refractivity contribution < 1.29 is 0 Å². The van der Waals surface area contributed by atoms with Gasteiger partial charge in [0.1, 0.15) is 0 Å². The molecule has 64 valence electrons. The van der Waals surface area contributed by atoms with Gasteiger partial charge in [0.15, 0.2) is 0 Å². The Hall–Kier alpha value is -0.0100. The molecule has 11 heavy (non-hydrogen) atoms. The molecule has 1 rings (SSSR count). The van der Waals surface area contributed by atoms with E-state index < -0.39 is 0 Å². The number of piperidine rings is 1. The average molecular weight is 174 g/mol. The number of hydrogen-bond donors (Lipinski definition) is 0. The summed E-state index contributed by atoms with van der Waals surface area (Å²) in [6.45, 7) is 9.39. The van der Waals surface area contributed by atoms with Crippen LogP contribution in [0.5, 0.6) is 0 Å². The van der Waals surface area contributed by atoms with Crippen LogP contribution in [-0.2, 0) is 0 Å². The lowest BCUT2D eigenvalue weighted by Gasteiger charge is -2.42. The summed E-state index contributed by atoms with van der Waals surface area (Å²) in [4.78, 5) is 2.18. The van der Waals surface area contributed by atoms with Crippen molar-refractivity contribution in [1.82, 2.24) is 4.90 Å². The van der Waals surface area contributed by atoms with E-state index >= 15 is 0 Å². The number of halogens is 1. The molecule has 0 saturated carbocycles. The Kier molecular flexibility index (Phi) is 2.31. The predicted molar refractivity (Wildman–Crippen MR) is 49.8 cm³/mol. The van der Waals surface area contributed by atoms with Crippen LogP contribution in [0.15, 0.2) is 12.2 Å². The second kappa shape index (κ2) is 2.80. The highest BCUT2D eigenvalue weighted by molar-refractivity contribution is 6.21. The molecule has 0 N–H and O–H groups in total. The zero-order valence-corrected chi connectivity index (χ0v) is 8.28. The van der Waals surface area contributed by atoms with Crippen molar-refractivity contribution in [3.8, 4) is 0 Å². The SMILES string of the molecule is C=C1CCN(C)C(Cl)C1(C)C. The van der Waals surface area contributed by atoms with Gasteiger partial charge in [-0.3, -0.25) is 4.90 Å². The maximum atomic E-state index is 6.22. The topological polar surface area (TPSA) is 3.24 Å². The van der Waals surface area contributed by atoms with Gasteiger partial charge in [0.05, 0.1) is 5.50 Å². The molecule has 1 fully saturated rings. The zero-order valence-electron chi connectivity index (χ0n) is 7.52. The van der Waals surface area contributed by atoms with Crippen molar-refractivity contribution in [3.63, 3.8) is 0 Å². The summed E-state index contributed by atoms with van der Waals surface area (Å²) < 4.78 is 0. The molecule has 0 aromatic carbocycles. The monoisotopic (exact) mass is 173 g/mol. The highest BCUT2D eigenvalue weighted by atomic mass is 35.5. The molecule has 0 aromatic heterocycles. The first-order valence-electron chi connectivity index (χ1n) is 3.99. The van der Waals surface area contributed by atoms with Gasteiger partial charge in [-0.2, -0.15) is 0 Å². The van der Waals surface area contributed by atoms with Crippen LogP contribution in [0, 0.1) is 5.41 Å². The van der Waals surface area contributed by atoms with Crippen molar-refractivity contribution in [1.29, 1.82) is 0 Å². The molecule has 0 bridgehead atoms. The lowest BCUT2D eigenvalue weighted by Crippen LogP contribution is -2.45. The normalized spacial score (nSPS) is 32.4. The molecule has 1 nitrogen and oxygen atoms in total. The van der Waals surface area contributed by atoms with Gasteiger partial charge in [-0.1, -0.05) is 26.0 Å². The third kappa shape index (κ3) is 1.45. The molecule has 1 heterocycles. The number of nitrogens with zero attached hydrogens (tertiary/aromatic N) is 1. The van der Waals surface area contributed by atoms with E-state index in [-0.39, 0.29) is 10.9 Å². The molecular formula is C9H16ClN. The minimum Gasteiger partial charge on any atom is -0.290 e. The Morgan fingerprint density at radius 3 is 2.64 bits per heavy atom. The Balaban J connectivity index is 2.80. The van der Waals surface area contributed by atoms with E-state index in [1.807, 2.05) is 0 Å². The van der Waals surface area contributed by atoms with Crippen molar-refractivity contribution >= 4 is 11.6 Å². The van der Waals surface area contributed by atoms with Gasteiger partial charge >= 0.3 is 0 Å². The van der Waals surface area contributed by atoms with Crippen LogP contribution in [0.2, 0.25) is 0 Å². The molecule has 1 unspecified atom stereocenters. The van der Waals surface area contributed by atoms with E-state index in [2.05, 4.69) is 32.4 Å². The first-order valence-corrected chi connectivity index (χ1v) is 4.42. The third-order valence-electron chi connectivity index (χ3n) is 2.66. The lowest BCUT2D eigenvalue weighted by atomic mass is 9.80. The second-order valence-corrected chi connectivity index (χ2v) is 4.31. The smallest absolute Gasteiger partial charge is 0.0937 e. The molecule has 0 aliphatic carbocycles. The molecule has 1 aliphatic heterocycles. The maximum absolute atomic E-state index is 6.22. The maximum Gasteiger partial charge on any atom is 0.0937 e. The van der Waals surface area contributed by atoms with Crippen LogP contribution < -0.4 is 0 Å². The number of hydrogen-bond acceptors (Lipinski definition) is 1. The largest absolute Gasteiger partial charge is 0.290 e. The van der Waals surface area contributed by atoms with E-state index in [9.17, 15) is 0 Å². The van der Waals surface area contributed by atoms with Crippen LogP contribution in [0.4, 0.5) is 0 Å². The molecule has 0 spiro atoms. The molecule has 0 amide bonds. The van der Waals surface area contributed by atoms with Crippen LogP contribution >= 0.6 is 11.6 Å². The third-order valence-corrected chi connectivity index (χ3v) is 3.54. The highest BCUT2D eigenvalue weighted by Crippen LogP contribution is 2.39. The summed E-state index contributed by atoms with van der Waals surface area (Å²) >= 11 is 6.22. The fourth-order valence-electron chi connectivity index (χ4n) is 1.47. The first kappa shape index (κ1) is 9.08. The van der Waals surface area contributed by atoms with Crippen LogP contribution in [0.1, 0.15) is 20.3 Å². The standard InChI is InChI=1S/C9H16ClN/c1-7-5-6-11(4)8(10)9(7,2)3/h8H,1,5-6H2,2-4H3. The van der Waals surface area contributed by atoms with Gasteiger partial charge < -0.3 is 0 Å². The summed E-state index contributed by atoms with van der Waals surface area (Å²) in [6, 6.07) is 0. The number of rotatable bonds is 0. The van der Waals surface area contributed by atoms with Crippen molar-refractivity contribution in [3.05, 3.63) is 12.2 Å². The summed E-state index contributed by atoms with van der Waals surface area (Å²) in [5, 5.41) is 0. The highest BCUT2D eigenvalue weighted by Gasteiger charge is 2.36. The summed E-state index contributed by atoms with van der Waals surface area (Å²) in [5.41, 5.74) is 1.44. The fraction of sp³-hybridized carbons (Fsp3) is 0.778. The number of alkyl halides is 1. The predicted octanol–water partition coefficient (Wildman–Crippen LogP) is 2.47. The number of likely N-dealkylation sites (tertiary alicyclic amines) is 1. The van der Waals surface area contributed by atoms with Gasteiger partial charge in [-0.05, 0) is 13.5 Å². The van der Waals surface area contributed by atoms with Crippen molar-refractivity contribution in [2.75, 3.05) is 13.6 Å². The summed E-state index contributed by atoms with van der Waals surface area (Å²) in [7, 11) is 2.06.